The number of hydrogen-bond donors (Lipinski definition) is 9. The Bertz CT molecular complexity index is 806. The minimum atomic E-state index is -1.61. The van der Waals surface area contributed by atoms with Gasteiger partial charge in [0.05, 0.1) is 32.0 Å². The van der Waals surface area contributed by atoms with Crippen LogP contribution >= 0.6 is 0 Å². The Hall–Kier alpha value is -1.54. The van der Waals surface area contributed by atoms with Crippen LogP contribution in [0.2, 0.25) is 0 Å². The second kappa shape index (κ2) is 13.2. The first kappa shape index (κ1) is 31.0. The third-order valence-electron chi connectivity index (χ3n) is 6.77. The van der Waals surface area contributed by atoms with Gasteiger partial charge >= 0.3 is 0 Å². The van der Waals surface area contributed by atoms with Crippen molar-refractivity contribution in [2.75, 3.05) is 19.8 Å². The van der Waals surface area contributed by atoms with Crippen LogP contribution in [0.1, 0.15) is 20.8 Å². The smallest absolute Gasteiger partial charge is 0.217 e. The van der Waals surface area contributed by atoms with E-state index in [4.69, 9.17) is 23.7 Å². The molecule has 0 aromatic rings. The minimum Gasteiger partial charge on any atom is -0.394 e. The molecule has 3 saturated heterocycles. The Morgan fingerprint density at radius 2 is 1.47 bits per heavy atom. The predicted molar refractivity (Wildman–Crippen MR) is 122 cm³/mol. The molecule has 0 spiro atoms. The molecule has 0 radical (unpaired) electrons. The summed E-state index contributed by atoms with van der Waals surface area (Å²) in [6.07, 6.45) is -16.6. The Balaban J connectivity index is 1.80. The van der Waals surface area contributed by atoms with E-state index >= 15 is 0 Å². The maximum Gasteiger partial charge on any atom is 0.217 e. The molecule has 0 aliphatic carbocycles. The Labute approximate surface area is 218 Å². The molecule has 3 rings (SSSR count). The number of ether oxygens (including phenoxy) is 5. The van der Waals surface area contributed by atoms with E-state index in [2.05, 4.69) is 10.6 Å². The standard InChI is InChI=1S/C22H38N2O14/c1-7-14(28)18(32)19(33)22(36-7)35-6-12-20(15(29)10(5-34-12)23-8(2)26)38-21-13(24-9(3)27)17(31)16(30)11(4-25)37-21/h7,10-22,25,28-33H,4-6H2,1-3H3,(H,23,26)(H,24,27)/t7-,10-,11+,12+,13+,14+,15+,16+,17+,18+,19-,20+,21-,22-/m0/s1. The molecule has 16 nitrogen and oxygen atoms in total. The molecule has 0 saturated carbocycles. The monoisotopic (exact) mass is 554 g/mol. The molecule has 3 fully saturated rings. The van der Waals surface area contributed by atoms with E-state index in [-0.39, 0.29) is 13.2 Å². The van der Waals surface area contributed by atoms with Crippen molar-refractivity contribution in [3.05, 3.63) is 0 Å². The summed E-state index contributed by atoms with van der Waals surface area (Å²) in [5.41, 5.74) is 0. The number of amides is 2. The lowest BCUT2D eigenvalue weighted by Crippen LogP contribution is -2.68. The fourth-order valence-corrected chi connectivity index (χ4v) is 4.65. The quantitative estimate of drug-likeness (QED) is 0.136. The average Bonchev–Trinajstić information content (AvgIpc) is 2.86. The molecule has 2 amide bonds. The molecule has 220 valence electrons. The van der Waals surface area contributed by atoms with Gasteiger partial charge in [0.1, 0.15) is 61.0 Å². The number of aliphatic hydroxyl groups excluding tert-OH is 7. The van der Waals surface area contributed by atoms with Gasteiger partial charge in [0.25, 0.3) is 0 Å². The summed E-state index contributed by atoms with van der Waals surface area (Å²) in [4.78, 5) is 23.4. The SMILES string of the molecule is CC(=O)N[C@H]1[C@H](O[C@H]2[C@H](O)[C@@H](NC(C)=O)CO[C@@H]2CO[C@H]2O[C@@H](C)[C@@H](O)[C@@H](O)[C@@H]2O)O[C@H](CO)[C@@H](O)[C@@H]1O. The van der Waals surface area contributed by atoms with E-state index in [0.29, 0.717) is 0 Å². The summed E-state index contributed by atoms with van der Waals surface area (Å²) in [6.45, 7) is 2.64. The van der Waals surface area contributed by atoms with Crippen LogP contribution in [0.5, 0.6) is 0 Å². The van der Waals surface area contributed by atoms with E-state index < -0.39 is 104 Å². The van der Waals surface area contributed by atoms with Crippen LogP contribution in [-0.4, -0.2) is 153 Å². The van der Waals surface area contributed by atoms with Crippen molar-refractivity contribution in [3.8, 4) is 0 Å². The largest absolute Gasteiger partial charge is 0.394 e. The molecular weight excluding hydrogens is 516 g/mol. The van der Waals surface area contributed by atoms with Crippen molar-refractivity contribution in [1.82, 2.24) is 10.6 Å². The van der Waals surface area contributed by atoms with Crippen molar-refractivity contribution in [1.29, 1.82) is 0 Å². The Morgan fingerprint density at radius 1 is 0.816 bits per heavy atom. The Kier molecular flexibility index (Phi) is 10.8. The lowest BCUT2D eigenvalue weighted by atomic mass is 9.95. The maximum absolute atomic E-state index is 11.8. The van der Waals surface area contributed by atoms with Gasteiger partial charge in [0, 0.05) is 13.8 Å². The first-order chi connectivity index (χ1) is 17.8. The molecule has 0 unspecified atom stereocenters. The first-order valence-corrected chi connectivity index (χ1v) is 12.3. The van der Waals surface area contributed by atoms with Gasteiger partial charge < -0.3 is 70.1 Å². The van der Waals surface area contributed by atoms with Gasteiger partial charge in [-0.05, 0) is 6.92 Å². The number of hydrogen-bond acceptors (Lipinski definition) is 14. The Morgan fingerprint density at radius 3 is 2.08 bits per heavy atom. The predicted octanol–water partition coefficient (Wildman–Crippen LogP) is -5.58. The number of rotatable bonds is 8. The summed E-state index contributed by atoms with van der Waals surface area (Å²) >= 11 is 0. The zero-order valence-corrected chi connectivity index (χ0v) is 21.2. The van der Waals surface area contributed by atoms with Gasteiger partial charge in [-0.15, -0.1) is 0 Å². The molecule has 16 heteroatoms. The summed E-state index contributed by atoms with van der Waals surface area (Å²) in [5.74, 6) is -1.05. The summed E-state index contributed by atoms with van der Waals surface area (Å²) in [7, 11) is 0. The lowest BCUT2D eigenvalue weighted by Gasteiger charge is -2.47. The molecule has 3 aliphatic rings. The first-order valence-electron chi connectivity index (χ1n) is 12.3. The van der Waals surface area contributed by atoms with Gasteiger partial charge in [0.15, 0.2) is 12.6 Å². The van der Waals surface area contributed by atoms with Crippen LogP contribution in [0.3, 0.4) is 0 Å². The van der Waals surface area contributed by atoms with E-state index in [9.17, 15) is 45.3 Å². The van der Waals surface area contributed by atoms with Crippen molar-refractivity contribution in [2.45, 2.75) is 106 Å². The molecule has 0 bridgehead atoms. The molecule has 38 heavy (non-hydrogen) atoms. The molecular formula is C22H38N2O14. The van der Waals surface area contributed by atoms with Crippen LogP contribution in [0.25, 0.3) is 0 Å². The van der Waals surface area contributed by atoms with Gasteiger partial charge in [-0.1, -0.05) is 0 Å². The van der Waals surface area contributed by atoms with Crippen LogP contribution in [-0.2, 0) is 33.3 Å². The van der Waals surface area contributed by atoms with Gasteiger partial charge in [-0.3, -0.25) is 9.59 Å². The average molecular weight is 555 g/mol. The van der Waals surface area contributed by atoms with Crippen LogP contribution in [0.4, 0.5) is 0 Å². The third kappa shape index (κ3) is 6.96. The number of carbonyl (C=O) groups excluding carboxylic acids is 2. The molecule has 0 aromatic heterocycles. The zero-order valence-electron chi connectivity index (χ0n) is 21.2. The van der Waals surface area contributed by atoms with Crippen molar-refractivity contribution >= 4 is 11.8 Å². The van der Waals surface area contributed by atoms with Crippen molar-refractivity contribution in [2.24, 2.45) is 0 Å². The number of carbonyl (C=O) groups is 2. The van der Waals surface area contributed by atoms with Crippen LogP contribution in [0, 0.1) is 0 Å². The van der Waals surface area contributed by atoms with Crippen LogP contribution < -0.4 is 10.6 Å². The highest BCUT2D eigenvalue weighted by Gasteiger charge is 2.50. The summed E-state index contributed by atoms with van der Waals surface area (Å²) in [6, 6.07) is -2.25. The van der Waals surface area contributed by atoms with E-state index in [0.717, 1.165) is 6.92 Å². The van der Waals surface area contributed by atoms with Gasteiger partial charge in [-0.25, -0.2) is 0 Å². The third-order valence-corrected chi connectivity index (χ3v) is 6.77. The molecule has 3 aliphatic heterocycles. The number of nitrogens with one attached hydrogen (secondary N) is 2. The van der Waals surface area contributed by atoms with Gasteiger partial charge in [0.2, 0.25) is 11.8 Å². The minimum absolute atomic E-state index is 0.165. The highest BCUT2D eigenvalue weighted by atomic mass is 16.7. The molecule has 3 heterocycles. The normalized spacial score (nSPS) is 45.8. The molecule has 9 N–H and O–H groups in total. The van der Waals surface area contributed by atoms with E-state index in [1.807, 2.05) is 0 Å². The molecule has 14 atom stereocenters. The lowest BCUT2D eigenvalue weighted by molar-refractivity contribution is -0.323. The summed E-state index contributed by atoms with van der Waals surface area (Å²) < 4.78 is 28.3. The van der Waals surface area contributed by atoms with Gasteiger partial charge in [-0.2, -0.15) is 0 Å². The van der Waals surface area contributed by atoms with Crippen molar-refractivity contribution < 1.29 is 69.0 Å². The molecule has 0 aromatic carbocycles. The number of aliphatic hydroxyl groups is 7. The topological polar surface area (TPSA) is 246 Å². The van der Waals surface area contributed by atoms with Crippen molar-refractivity contribution in [3.63, 3.8) is 0 Å². The second-order valence-corrected chi connectivity index (χ2v) is 9.72. The summed E-state index contributed by atoms with van der Waals surface area (Å²) in [5, 5.41) is 76.5. The highest BCUT2D eigenvalue weighted by Crippen LogP contribution is 2.29. The highest BCUT2D eigenvalue weighted by molar-refractivity contribution is 5.73. The van der Waals surface area contributed by atoms with E-state index in [1.165, 1.54) is 13.8 Å². The van der Waals surface area contributed by atoms with E-state index in [1.54, 1.807) is 0 Å². The fraction of sp³-hybridized carbons (Fsp3) is 0.909. The fourth-order valence-electron chi connectivity index (χ4n) is 4.65. The maximum atomic E-state index is 11.8. The zero-order chi connectivity index (χ0) is 28.3. The van der Waals surface area contributed by atoms with Crippen LogP contribution in [0.15, 0.2) is 0 Å². The second-order valence-electron chi connectivity index (χ2n) is 9.72.